The van der Waals surface area contributed by atoms with Gasteiger partial charge in [-0.1, -0.05) is 42.5 Å². The van der Waals surface area contributed by atoms with Crippen LogP contribution >= 0.6 is 0 Å². The minimum absolute atomic E-state index is 0.302. The van der Waals surface area contributed by atoms with E-state index >= 15 is 0 Å². The van der Waals surface area contributed by atoms with Gasteiger partial charge in [-0.05, 0) is 60.9 Å². The van der Waals surface area contributed by atoms with Crippen LogP contribution in [-0.2, 0) is 6.54 Å². The van der Waals surface area contributed by atoms with Gasteiger partial charge in [0.15, 0.2) is 0 Å². The van der Waals surface area contributed by atoms with Crippen LogP contribution < -0.4 is 5.32 Å². The Hall–Kier alpha value is -3.09. The predicted octanol–water partition coefficient (Wildman–Crippen LogP) is 4.46. The zero-order valence-corrected chi connectivity index (χ0v) is 17.8. The number of carbonyl (C=O) groups is 1. The van der Waals surface area contributed by atoms with Gasteiger partial charge in [0.25, 0.3) is 5.91 Å². The number of rotatable bonds is 5. The molecular weight excluding hydrogens is 410 g/mol. The van der Waals surface area contributed by atoms with Crippen molar-refractivity contribution in [3.05, 3.63) is 107 Å². The fourth-order valence-corrected chi connectivity index (χ4v) is 4.38. The monoisotopic (exact) mass is 436 g/mol. The van der Waals surface area contributed by atoms with Crippen molar-refractivity contribution < 1.29 is 18.7 Å². The smallest absolute Gasteiger partial charge is 0.251 e. The molecule has 166 valence electrons. The molecule has 1 heterocycles. The van der Waals surface area contributed by atoms with Gasteiger partial charge in [0.05, 0.1) is 17.7 Å². The lowest BCUT2D eigenvalue weighted by atomic mass is 9.79. The molecule has 0 bridgehead atoms. The third-order valence-electron chi connectivity index (χ3n) is 6.09. The maximum Gasteiger partial charge on any atom is 0.251 e. The van der Waals surface area contributed by atoms with Crippen LogP contribution in [-0.4, -0.2) is 34.1 Å². The fraction of sp³-hybridized carbons (Fsp3) is 0.269. The molecule has 6 heteroatoms. The van der Waals surface area contributed by atoms with Gasteiger partial charge in [-0.15, -0.1) is 0 Å². The Morgan fingerprint density at radius 3 is 2.44 bits per heavy atom. The van der Waals surface area contributed by atoms with Crippen molar-refractivity contribution in [2.24, 2.45) is 0 Å². The number of nitrogens with zero attached hydrogens (tertiary/aromatic N) is 1. The van der Waals surface area contributed by atoms with Crippen LogP contribution in [0.25, 0.3) is 0 Å². The van der Waals surface area contributed by atoms with Crippen molar-refractivity contribution in [1.82, 2.24) is 10.2 Å². The Labute approximate surface area is 186 Å². The minimum atomic E-state index is -1.17. The summed E-state index contributed by atoms with van der Waals surface area (Å²) in [5.74, 6) is -1.11. The van der Waals surface area contributed by atoms with Gasteiger partial charge in [-0.25, -0.2) is 8.78 Å². The van der Waals surface area contributed by atoms with E-state index in [0.29, 0.717) is 25.1 Å². The highest BCUT2D eigenvalue weighted by Crippen LogP contribution is 2.38. The first kappa shape index (κ1) is 22.1. The van der Waals surface area contributed by atoms with Crippen molar-refractivity contribution in [3.8, 4) is 0 Å². The summed E-state index contributed by atoms with van der Waals surface area (Å²) in [4.78, 5) is 15.1. The second kappa shape index (κ2) is 9.18. The van der Waals surface area contributed by atoms with E-state index in [1.165, 1.54) is 36.4 Å². The Morgan fingerprint density at radius 1 is 1.03 bits per heavy atom. The van der Waals surface area contributed by atoms with Gasteiger partial charge in [-0.2, -0.15) is 0 Å². The summed E-state index contributed by atoms with van der Waals surface area (Å²) >= 11 is 0. The summed E-state index contributed by atoms with van der Waals surface area (Å²) in [5, 5.41) is 14.3. The van der Waals surface area contributed by atoms with E-state index in [2.05, 4.69) is 10.2 Å². The van der Waals surface area contributed by atoms with Crippen molar-refractivity contribution in [2.75, 3.05) is 6.54 Å². The average Bonchev–Trinajstić information content (AvgIpc) is 2.77. The third-order valence-corrected chi connectivity index (χ3v) is 6.09. The average molecular weight is 437 g/mol. The summed E-state index contributed by atoms with van der Waals surface area (Å²) < 4.78 is 27.1. The zero-order valence-electron chi connectivity index (χ0n) is 17.8. The molecule has 3 atom stereocenters. The Balaban J connectivity index is 1.68. The maximum atomic E-state index is 13.8. The molecule has 0 radical (unpaired) electrons. The van der Waals surface area contributed by atoms with E-state index in [0.717, 1.165) is 11.1 Å². The van der Waals surface area contributed by atoms with Crippen LogP contribution in [0.4, 0.5) is 8.78 Å². The quantitative estimate of drug-likeness (QED) is 0.621. The van der Waals surface area contributed by atoms with E-state index in [-0.39, 0.29) is 17.8 Å². The lowest BCUT2D eigenvalue weighted by Gasteiger charge is -2.49. The molecule has 1 amide bonds. The molecule has 4 nitrogen and oxygen atoms in total. The molecule has 0 unspecified atom stereocenters. The number of carbonyl (C=O) groups excluding carboxylic acids is 1. The minimum Gasteiger partial charge on any atom is -0.388 e. The predicted molar refractivity (Wildman–Crippen MR) is 119 cm³/mol. The standard InChI is InChI=1S/C26H26F2N2O2/c1-26(32)14-15-30(17-18-6-5-9-22(28)16-18)23(19-7-3-2-4-8-19)24(26)29-25(31)20-10-12-21(27)13-11-20/h2-13,16,23-24,32H,14-15,17H2,1H3,(H,29,31)/t23-,24-,26+/m0/s1. The number of aliphatic hydroxyl groups is 1. The fourth-order valence-electron chi connectivity index (χ4n) is 4.38. The molecule has 0 saturated carbocycles. The van der Waals surface area contributed by atoms with E-state index in [1.807, 2.05) is 36.4 Å². The second-order valence-corrected chi connectivity index (χ2v) is 8.52. The number of halogens is 2. The molecule has 32 heavy (non-hydrogen) atoms. The first-order chi connectivity index (χ1) is 15.3. The molecule has 1 fully saturated rings. The van der Waals surface area contributed by atoms with Gasteiger partial charge >= 0.3 is 0 Å². The lowest BCUT2D eigenvalue weighted by molar-refractivity contribution is -0.0665. The number of benzene rings is 3. The SMILES string of the molecule is C[C@@]1(O)CCN(Cc2cccc(F)c2)[C@@H](c2ccccc2)[C@@H]1NC(=O)c1ccc(F)cc1. The molecular formula is C26H26F2N2O2. The van der Waals surface area contributed by atoms with Crippen LogP contribution in [0.1, 0.15) is 40.9 Å². The molecule has 1 saturated heterocycles. The summed E-state index contributed by atoms with van der Waals surface area (Å²) in [6.07, 6.45) is 0.431. The highest BCUT2D eigenvalue weighted by atomic mass is 19.1. The normalized spacial score (nSPS) is 23.6. The number of likely N-dealkylation sites (tertiary alicyclic amines) is 1. The van der Waals surface area contributed by atoms with Crippen LogP contribution in [0.3, 0.4) is 0 Å². The third kappa shape index (κ3) is 4.87. The summed E-state index contributed by atoms with van der Waals surface area (Å²) in [7, 11) is 0. The van der Waals surface area contributed by atoms with Crippen LogP contribution in [0, 0.1) is 11.6 Å². The Bertz CT molecular complexity index is 1070. The van der Waals surface area contributed by atoms with Crippen LogP contribution in [0.15, 0.2) is 78.9 Å². The topological polar surface area (TPSA) is 52.6 Å². The van der Waals surface area contributed by atoms with Gasteiger partial charge in [0.2, 0.25) is 0 Å². The van der Waals surface area contributed by atoms with Crippen molar-refractivity contribution in [1.29, 1.82) is 0 Å². The molecule has 0 aliphatic carbocycles. The summed E-state index contributed by atoms with van der Waals surface area (Å²) in [5.41, 5.74) is 0.898. The summed E-state index contributed by atoms with van der Waals surface area (Å²) in [6.45, 7) is 2.76. The molecule has 0 spiro atoms. The number of hydrogen-bond acceptors (Lipinski definition) is 3. The second-order valence-electron chi connectivity index (χ2n) is 8.52. The summed E-state index contributed by atoms with van der Waals surface area (Å²) in [6, 6.07) is 20.4. The maximum absolute atomic E-state index is 13.8. The Kier molecular flexibility index (Phi) is 6.35. The number of piperidine rings is 1. The first-order valence-corrected chi connectivity index (χ1v) is 10.7. The molecule has 3 aromatic rings. The largest absolute Gasteiger partial charge is 0.388 e. The van der Waals surface area contributed by atoms with Gasteiger partial charge < -0.3 is 10.4 Å². The molecule has 1 aliphatic heterocycles. The molecule has 3 aromatic carbocycles. The molecule has 2 N–H and O–H groups in total. The van der Waals surface area contributed by atoms with E-state index in [4.69, 9.17) is 0 Å². The van der Waals surface area contributed by atoms with E-state index in [9.17, 15) is 18.7 Å². The van der Waals surface area contributed by atoms with Gasteiger partial charge in [0, 0.05) is 18.7 Å². The number of nitrogens with one attached hydrogen (secondary N) is 1. The van der Waals surface area contributed by atoms with Gasteiger partial charge in [-0.3, -0.25) is 9.69 Å². The Morgan fingerprint density at radius 2 is 1.75 bits per heavy atom. The number of hydrogen-bond donors (Lipinski definition) is 2. The van der Waals surface area contributed by atoms with Crippen molar-refractivity contribution >= 4 is 5.91 Å². The molecule has 0 aromatic heterocycles. The van der Waals surface area contributed by atoms with Crippen LogP contribution in [0.5, 0.6) is 0 Å². The lowest BCUT2D eigenvalue weighted by Crippen LogP contribution is -2.62. The van der Waals surface area contributed by atoms with Crippen molar-refractivity contribution in [2.45, 2.75) is 37.6 Å². The first-order valence-electron chi connectivity index (χ1n) is 10.7. The highest BCUT2D eigenvalue weighted by molar-refractivity contribution is 5.94. The number of amides is 1. The van der Waals surface area contributed by atoms with E-state index in [1.54, 1.807) is 13.0 Å². The van der Waals surface area contributed by atoms with Crippen molar-refractivity contribution in [3.63, 3.8) is 0 Å². The van der Waals surface area contributed by atoms with Crippen LogP contribution in [0.2, 0.25) is 0 Å². The highest BCUT2D eigenvalue weighted by Gasteiger charge is 2.46. The zero-order chi connectivity index (χ0) is 22.7. The molecule has 1 aliphatic rings. The van der Waals surface area contributed by atoms with Gasteiger partial charge in [0.1, 0.15) is 11.6 Å². The molecule has 4 rings (SSSR count). The van der Waals surface area contributed by atoms with E-state index < -0.39 is 17.5 Å².